The second-order valence-corrected chi connectivity index (χ2v) is 5.41. The molecular weight excluding hydrogens is 298 g/mol. The van der Waals surface area contributed by atoms with Crippen LogP contribution in [-0.2, 0) is 6.42 Å². The topological polar surface area (TPSA) is 51.2 Å². The predicted molar refractivity (Wildman–Crippen MR) is 77.3 cm³/mol. The molecule has 0 radical (unpaired) electrons. The highest BCUT2D eigenvalue weighted by atomic mass is 32.1. The number of nitrogens with zero attached hydrogens (tertiary/aromatic N) is 1. The first-order valence-electron chi connectivity index (χ1n) is 6.32. The van der Waals surface area contributed by atoms with Crippen molar-refractivity contribution in [2.24, 2.45) is 0 Å². The summed E-state index contributed by atoms with van der Waals surface area (Å²) >= 11 is 1.35. The highest BCUT2D eigenvalue weighted by Gasteiger charge is 2.17. The Morgan fingerprint density at radius 3 is 2.76 bits per heavy atom. The molecule has 0 saturated heterocycles. The summed E-state index contributed by atoms with van der Waals surface area (Å²) in [5.41, 5.74) is 0.955. The molecule has 0 atom stereocenters. The summed E-state index contributed by atoms with van der Waals surface area (Å²) in [6.07, 6.45) is 0.767. The quantitative estimate of drug-likeness (QED) is 0.912. The van der Waals surface area contributed by atoms with Crippen LogP contribution in [0.1, 0.15) is 27.9 Å². The number of amides is 1. The van der Waals surface area contributed by atoms with E-state index >= 15 is 0 Å². The summed E-state index contributed by atoms with van der Waals surface area (Å²) in [5, 5.41) is 3.06. The highest BCUT2D eigenvalue weighted by Crippen LogP contribution is 2.25. The number of halogens is 2. The van der Waals surface area contributed by atoms with Gasteiger partial charge in [0.2, 0.25) is 0 Å². The fourth-order valence-corrected chi connectivity index (χ4v) is 2.72. The van der Waals surface area contributed by atoms with Crippen molar-refractivity contribution in [3.63, 3.8) is 0 Å². The Bertz CT molecular complexity index is 644. The molecule has 0 bridgehead atoms. The SMILES string of the molecule is CCc1nc(NC(=O)c2ccccc2OC(F)F)sc1C. The number of nitrogens with one attached hydrogen (secondary N) is 1. The third-order valence-corrected chi connectivity index (χ3v) is 3.72. The van der Waals surface area contributed by atoms with E-state index in [0.717, 1.165) is 17.0 Å². The number of aryl methyl sites for hydroxylation is 2. The van der Waals surface area contributed by atoms with E-state index in [-0.39, 0.29) is 11.3 Å². The van der Waals surface area contributed by atoms with Gasteiger partial charge in [-0.25, -0.2) is 4.98 Å². The van der Waals surface area contributed by atoms with Crippen molar-refractivity contribution in [2.75, 3.05) is 5.32 Å². The van der Waals surface area contributed by atoms with Gasteiger partial charge in [0, 0.05) is 4.88 Å². The zero-order chi connectivity index (χ0) is 15.4. The van der Waals surface area contributed by atoms with Crippen LogP contribution in [0.15, 0.2) is 24.3 Å². The summed E-state index contributed by atoms with van der Waals surface area (Å²) in [6.45, 7) is 0.909. The first-order valence-corrected chi connectivity index (χ1v) is 7.14. The van der Waals surface area contributed by atoms with Gasteiger partial charge in [0.1, 0.15) is 5.75 Å². The number of carbonyl (C=O) groups is 1. The molecular formula is C14H14F2N2O2S. The fourth-order valence-electron chi connectivity index (χ4n) is 1.83. The average Bonchev–Trinajstić information content (AvgIpc) is 2.78. The largest absolute Gasteiger partial charge is 0.434 e. The van der Waals surface area contributed by atoms with Crippen molar-refractivity contribution in [1.82, 2.24) is 4.98 Å². The summed E-state index contributed by atoms with van der Waals surface area (Å²) < 4.78 is 29.0. The number of para-hydroxylation sites is 1. The second kappa shape index (κ2) is 6.62. The maximum atomic E-state index is 12.3. The fraction of sp³-hybridized carbons (Fsp3) is 0.286. The van der Waals surface area contributed by atoms with E-state index < -0.39 is 12.5 Å². The Morgan fingerprint density at radius 1 is 1.43 bits per heavy atom. The molecule has 0 aliphatic carbocycles. The molecule has 1 aromatic heterocycles. The minimum Gasteiger partial charge on any atom is -0.434 e. The van der Waals surface area contributed by atoms with Gasteiger partial charge in [-0.2, -0.15) is 8.78 Å². The number of rotatable bonds is 5. The smallest absolute Gasteiger partial charge is 0.387 e. The van der Waals surface area contributed by atoms with Crippen LogP contribution >= 0.6 is 11.3 Å². The minimum atomic E-state index is -2.98. The van der Waals surface area contributed by atoms with Crippen molar-refractivity contribution >= 4 is 22.4 Å². The van der Waals surface area contributed by atoms with Crippen molar-refractivity contribution in [1.29, 1.82) is 0 Å². The highest BCUT2D eigenvalue weighted by molar-refractivity contribution is 7.15. The minimum absolute atomic E-state index is 0.0451. The molecule has 21 heavy (non-hydrogen) atoms. The molecule has 0 unspecified atom stereocenters. The molecule has 1 aromatic carbocycles. The van der Waals surface area contributed by atoms with Crippen LogP contribution in [0.25, 0.3) is 0 Å². The van der Waals surface area contributed by atoms with Crippen LogP contribution in [0, 0.1) is 6.92 Å². The standard InChI is InChI=1S/C14H14F2N2O2S/c1-3-10-8(2)21-14(17-10)18-12(19)9-6-4-5-7-11(9)20-13(15)16/h4-7,13H,3H2,1-2H3,(H,17,18,19). The summed E-state index contributed by atoms with van der Waals surface area (Å²) in [5.74, 6) is -0.684. The lowest BCUT2D eigenvalue weighted by Crippen LogP contribution is -2.14. The summed E-state index contributed by atoms with van der Waals surface area (Å²) in [7, 11) is 0. The molecule has 0 fully saturated rings. The first kappa shape index (κ1) is 15.4. The zero-order valence-electron chi connectivity index (χ0n) is 11.5. The lowest BCUT2D eigenvalue weighted by molar-refractivity contribution is -0.0501. The number of hydrogen-bond acceptors (Lipinski definition) is 4. The molecule has 7 heteroatoms. The van der Waals surface area contributed by atoms with E-state index in [1.165, 1.54) is 29.5 Å². The number of alkyl halides is 2. The summed E-state index contributed by atoms with van der Waals surface area (Å²) in [6, 6.07) is 5.86. The molecule has 0 saturated carbocycles. The van der Waals surface area contributed by atoms with Gasteiger partial charge in [-0.3, -0.25) is 10.1 Å². The van der Waals surface area contributed by atoms with Gasteiger partial charge in [-0.1, -0.05) is 19.1 Å². The maximum Gasteiger partial charge on any atom is 0.387 e. The van der Waals surface area contributed by atoms with E-state index in [9.17, 15) is 13.6 Å². The molecule has 2 aromatic rings. The van der Waals surface area contributed by atoms with E-state index in [0.29, 0.717) is 5.13 Å². The second-order valence-electron chi connectivity index (χ2n) is 4.20. The predicted octanol–water partition coefficient (Wildman–Crippen LogP) is 3.87. The number of carbonyl (C=O) groups excluding carboxylic acids is 1. The van der Waals surface area contributed by atoms with Crippen LogP contribution in [0.2, 0.25) is 0 Å². The number of ether oxygens (including phenoxy) is 1. The van der Waals surface area contributed by atoms with Gasteiger partial charge >= 0.3 is 6.61 Å². The average molecular weight is 312 g/mol. The molecule has 4 nitrogen and oxygen atoms in total. The van der Waals surface area contributed by atoms with Gasteiger partial charge < -0.3 is 4.74 Å². The molecule has 2 rings (SSSR count). The van der Waals surface area contributed by atoms with Gasteiger partial charge in [-0.05, 0) is 25.5 Å². The van der Waals surface area contributed by atoms with Gasteiger partial charge in [0.05, 0.1) is 11.3 Å². The van der Waals surface area contributed by atoms with Crippen LogP contribution in [-0.4, -0.2) is 17.5 Å². The number of hydrogen-bond donors (Lipinski definition) is 1. The monoisotopic (exact) mass is 312 g/mol. The van der Waals surface area contributed by atoms with Crippen molar-refractivity contribution < 1.29 is 18.3 Å². The van der Waals surface area contributed by atoms with E-state index in [4.69, 9.17) is 0 Å². The number of anilines is 1. The van der Waals surface area contributed by atoms with Crippen LogP contribution in [0.5, 0.6) is 5.75 Å². The molecule has 0 aliphatic rings. The Hall–Kier alpha value is -2.02. The third kappa shape index (κ3) is 3.75. The Kier molecular flexibility index (Phi) is 4.85. The lowest BCUT2D eigenvalue weighted by Gasteiger charge is -2.09. The maximum absolute atomic E-state index is 12.3. The molecule has 1 amide bonds. The van der Waals surface area contributed by atoms with Crippen LogP contribution in [0.4, 0.5) is 13.9 Å². The number of aromatic nitrogens is 1. The van der Waals surface area contributed by atoms with Crippen molar-refractivity contribution in [2.45, 2.75) is 26.9 Å². The van der Waals surface area contributed by atoms with Gasteiger partial charge in [0.25, 0.3) is 5.91 Å². The van der Waals surface area contributed by atoms with Gasteiger partial charge in [0.15, 0.2) is 5.13 Å². The molecule has 112 valence electrons. The molecule has 0 spiro atoms. The van der Waals surface area contributed by atoms with E-state index in [1.54, 1.807) is 6.07 Å². The number of thiazole rings is 1. The Labute approximate surface area is 124 Å². The molecule has 1 N–H and O–H groups in total. The Morgan fingerprint density at radius 2 is 2.14 bits per heavy atom. The van der Waals surface area contributed by atoms with Crippen LogP contribution in [0.3, 0.4) is 0 Å². The molecule has 1 heterocycles. The van der Waals surface area contributed by atoms with Crippen molar-refractivity contribution in [3.05, 3.63) is 40.4 Å². The zero-order valence-corrected chi connectivity index (χ0v) is 12.3. The normalized spacial score (nSPS) is 10.7. The third-order valence-electron chi connectivity index (χ3n) is 2.80. The van der Waals surface area contributed by atoms with E-state index in [2.05, 4.69) is 15.0 Å². The molecule has 0 aliphatic heterocycles. The Balaban J connectivity index is 2.20. The van der Waals surface area contributed by atoms with Crippen LogP contribution < -0.4 is 10.1 Å². The van der Waals surface area contributed by atoms with E-state index in [1.807, 2.05) is 13.8 Å². The number of benzene rings is 1. The summed E-state index contributed by atoms with van der Waals surface area (Å²) in [4.78, 5) is 17.5. The lowest BCUT2D eigenvalue weighted by atomic mass is 10.2. The first-order chi connectivity index (χ1) is 10.0. The van der Waals surface area contributed by atoms with Gasteiger partial charge in [-0.15, -0.1) is 11.3 Å². The van der Waals surface area contributed by atoms with Crippen molar-refractivity contribution in [3.8, 4) is 5.75 Å².